The van der Waals surface area contributed by atoms with E-state index in [9.17, 15) is 4.79 Å². The number of nitrogens with two attached hydrogens (primary N) is 1. The van der Waals surface area contributed by atoms with Crippen molar-refractivity contribution in [1.29, 1.82) is 0 Å². The third-order valence-electron chi connectivity index (χ3n) is 5.18. The monoisotopic (exact) mass is 352 g/mol. The molecule has 4 nitrogen and oxygen atoms in total. The topological polar surface area (TPSA) is 55.6 Å². The van der Waals surface area contributed by atoms with Crippen molar-refractivity contribution in [2.75, 3.05) is 19.7 Å². The molecule has 138 valence electrons. The number of hydrogen-bond acceptors (Lipinski definition) is 3. The van der Waals surface area contributed by atoms with Crippen molar-refractivity contribution in [3.8, 4) is 16.9 Å². The molecule has 2 N–H and O–H groups in total. The van der Waals surface area contributed by atoms with Gasteiger partial charge in [-0.25, -0.2) is 0 Å². The van der Waals surface area contributed by atoms with Crippen molar-refractivity contribution < 1.29 is 9.53 Å². The van der Waals surface area contributed by atoms with Crippen LogP contribution in [0.1, 0.15) is 26.2 Å². The van der Waals surface area contributed by atoms with Crippen molar-refractivity contribution in [2.24, 2.45) is 11.7 Å². The molecule has 0 bridgehead atoms. The molecule has 1 unspecified atom stereocenters. The number of piperidine rings is 1. The minimum atomic E-state index is 0.172. The molecule has 0 saturated carbocycles. The Morgan fingerprint density at radius 2 is 1.77 bits per heavy atom. The van der Waals surface area contributed by atoms with Gasteiger partial charge in [-0.15, -0.1) is 0 Å². The summed E-state index contributed by atoms with van der Waals surface area (Å²) in [7, 11) is 0. The van der Waals surface area contributed by atoms with Crippen molar-refractivity contribution in [2.45, 2.75) is 32.2 Å². The lowest BCUT2D eigenvalue weighted by Crippen LogP contribution is -2.42. The fourth-order valence-corrected chi connectivity index (χ4v) is 3.53. The lowest BCUT2D eigenvalue weighted by atomic mass is 9.91. The van der Waals surface area contributed by atoms with E-state index in [1.165, 1.54) is 0 Å². The second-order valence-electron chi connectivity index (χ2n) is 7.04. The van der Waals surface area contributed by atoms with Crippen LogP contribution >= 0.6 is 0 Å². The maximum atomic E-state index is 12.4. The summed E-state index contributed by atoms with van der Waals surface area (Å²) in [4.78, 5) is 14.4. The molecule has 1 heterocycles. The van der Waals surface area contributed by atoms with Gasteiger partial charge in [0.1, 0.15) is 5.75 Å². The van der Waals surface area contributed by atoms with Crippen LogP contribution in [0, 0.1) is 5.92 Å². The molecular formula is C22H28N2O2. The first-order valence-corrected chi connectivity index (χ1v) is 9.46. The van der Waals surface area contributed by atoms with Crippen molar-refractivity contribution in [3.63, 3.8) is 0 Å². The number of benzene rings is 2. The fourth-order valence-electron chi connectivity index (χ4n) is 3.53. The molecule has 4 heteroatoms. The zero-order valence-corrected chi connectivity index (χ0v) is 15.4. The van der Waals surface area contributed by atoms with Crippen LogP contribution in [0.2, 0.25) is 0 Å². The van der Waals surface area contributed by atoms with Gasteiger partial charge in [-0.3, -0.25) is 4.79 Å². The van der Waals surface area contributed by atoms with E-state index < -0.39 is 0 Å². The number of carbonyl (C=O) groups is 1. The maximum Gasteiger partial charge on any atom is 0.225 e. The highest BCUT2D eigenvalue weighted by molar-refractivity contribution is 5.76. The van der Waals surface area contributed by atoms with Gasteiger partial charge < -0.3 is 15.4 Å². The molecule has 0 aromatic heterocycles. The predicted octanol–water partition coefficient (Wildman–Crippen LogP) is 3.71. The Hall–Kier alpha value is -2.33. The molecule has 0 spiro atoms. The molecule has 1 atom stereocenters. The summed E-state index contributed by atoms with van der Waals surface area (Å²) in [5, 5.41) is 0. The van der Waals surface area contributed by atoms with Crippen LogP contribution in [0.5, 0.6) is 5.75 Å². The van der Waals surface area contributed by atoms with E-state index in [0.717, 1.165) is 42.8 Å². The molecule has 0 radical (unpaired) electrons. The Morgan fingerprint density at radius 1 is 1.12 bits per heavy atom. The smallest absolute Gasteiger partial charge is 0.225 e. The van der Waals surface area contributed by atoms with Crippen LogP contribution in [-0.2, 0) is 4.79 Å². The van der Waals surface area contributed by atoms with Crippen LogP contribution in [0.25, 0.3) is 11.1 Å². The summed E-state index contributed by atoms with van der Waals surface area (Å²) in [5.74, 6) is 1.53. The molecule has 1 aliphatic rings. The lowest BCUT2D eigenvalue weighted by molar-refractivity contribution is -0.133. The molecule has 2 aromatic rings. The normalized spacial score (nSPS) is 16.3. The predicted molar refractivity (Wildman–Crippen MR) is 105 cm³/mol. The molecule has 1 aliphatic heterocycles. The van der Waals surface area contributed by atoms with Crippen LogP contribution in [0.4, 0.5) is 0 Å². The first-order valence-electron chi connectivity index (χ1n) is 9.46. The number of ether oxygens (including phenoxy) is 1. The number of para-hydroxylation sites is 1. The van der Waals surface area contributed by atoms with Crippen LogP contribution in [0.3, 0.4) is 0 Å². The number of amides is 1. The van der Waals surface area contributed by atoms with E-state index in [1.807, 2.05) is 47.4 Å². The van der Waals surface area contributed by atoms with Gasteiger partial charge in [-0.2, -0.15) is 0 Å². The summed E-state index contributed by atoms with van der Waals surface area (Å²) >= 11 is 0. The van der Waals surface area contributed by atoms with Crippen molar-refractivity contribution in [1.82, 2.24) is 4.90 Å². The molecule has 1 amide bonds. The molecule has 0 aliphatic carbocycles. The minimum Gasteiger partial charge on any atom is -0.492 e. The largest absolute Gasteiger partial charge is 0.492 e. The molecule has 2 aromatic carbocycles. The number of hydrogen-bond donors (Lipinski definition) is 1. The third-order valence-corrected chi connectivity index (χ3v) is 5.18. The Bertz CT molecular complexity index is 707. The Balaban J connectivity index is 1.52. The molecule has 1 fully saturated rings. The van der Waals surface area contributed by atoms with E-state index in [0.29, 0.717) is 18.9 Å². The summed E-state index contributed by atoms with van der Waals surface area (Å²) in [6.45, 7) is 4.08. The van der Waals surface area contributed by atoms with Gasteiger partial charge in [0, 0.05) is 24.7 Å². The van der Waals surface area contributed by atoms with Gasteiger partial charge in [0.2, 0.25) is 5.91 Å². The van der Waals surface area contributed by atoms with E-state index in [-0.39, 0.29) is 11.9 Å². The lowest BCUT2D eigenvalue weighted by Gasteiger charge is -2.33. The van der Waals surface area contributed by atoms with Gasteiger partial charge in [0.05, 0.1) is 13.0 Å². The Labute approximate surface area is 156 Å². The highest BCUT2D eigenvalue weighted by Crippen LogP contribution is 2.29. The Morgan fingerprint density at radius 3 is 2.46 bits per heavy atom. The molecule has 3 rings (SSSR count). The highest BCUT2D eigenvalue weighted by atomic mass is 16.5. The maximum absolute atomic E-state index is 12.4. The van der Waals surface area contributed by atoms with Gasteiger partial charge in [0.15, 0.2) is 0 Å². The van der Waals surface area contributed by atoms with E-state index in [1.54, 1.807) is 0 Å². The average Bonchev–Trinajstić information content (AvgIpc) is 2.69. The number of carbonyl (C=O) groups excluding carboxylic acids is 1. The van der Waals surface area contributed by atoms with Gasteiger partial charge in [-0.05, 0) is 37.3 Å². The standard InChI is InChI=1S/C22H28N2O2/c1-17(23)18-11-14-24(15-12-18)22(25)13-16-26-21-10-6-5-9-20(21)19-7-3-2-4-8-19/h2-10,17-18H,11-16,23H2,1H3. The first kappa shape index (κ1) is 18.5. The molecule has 26 heavy (non-hydrogen) atoms. The quantitative estimate of drug-likeness (QED) is 0.862. The van der Waals surface area contributed by atoms with Gasteiger partial charge in [-0.1, -0.05) is 48.5 Å². The van der Waals surface area contributed by atoms with Crippen molar-refractivity contribution in [3.05, 3.63) is 54.6 Å². The van der Waals surface area contributed by atoms with Crippen LogP contribution < -0.4 is 10.5 Å². The van der Waals surface area contributed by atoms with Gasteiger partial charge >= 0.3 is 0 Å². The number of likely N-dealkylation sites (tertiary alicyclic amines) is 1. The van der Waals surface area contributed by atoms with E-state index in [4.69, 9.17) is 10.5 Å². The SMILES string of the molecule is CC(N)C1CCN(C(=O)CCOc2ccccc2-c2ccccc2)CC1. The van der Waals surface area contributed by atoms with Crippen LogP contribution in [-0.4, -0.2) is 36.5 Å². The zero-order chi connectivity index (χ0) is 18.4. The highest BCUT2D eigenvalue weighted by Gasteiger charge is 2.24. The fraction of sp³-hybridized carbons (Fsp3) is 0.409. The second-order valence-corrected chi connectivity index (χ2v) is 7.04. The van der Waals surface area contributed by atoms with E-state index >= 15 is 0 Å². The second kappa shape index (κ2) is 8.86. The summed E-state index contributed by atoms with van der Waals surface area (Å²) in [6, 6.07) is 18.3. The molecular weight excluding hydrogens is 324 g/mol. The van der Waals surface area contributed by atoms with E-state index in [2.05, 4.69) is 19.1 Å². The summed E-state index contributed by atoms with van der Waals surface area (Å²) < 4.78 is 5.94. The minimum absolute atomic E-state index is 0.172. The van der Waals surface area contributed by atoms with Crippen LogP contribution in [0.15, 0.2) is 54.6 Å². The summed E-state index contributed by atoms with van der Waals surface area (Å²) in [5.41, 5.74) is 8.14. The summed E-state index contributed by atoms with van der Waals surface area (Å²) in [6.07, 6.45) is 2.41. The number of rotatable bonds is 6. The van der Waals surface area contributed by atoms with Gasteiger partial charge in [0.25, 0.3) is 0 Å². The first-order chi connectivity index (χ1) is 12.6. The average molecular weight is 352 g/mol. The zero-order valence-electron chi connectivity index (χ0n) is 15.4. The Kier molecular flexibility index (Phi) is 6.29. The van der Waals surface area contributed by atoms with Crippen molar-refractivity contribution >= 4 is 5.91 Å². The molecule has 1 saturated heterocycles. The third kappa shape index (κ3) is 4.64. The number of nitrogens with zero attached hydrogens (tertiary/aromatic N) is 1.